The molecule has 0 atom stereocenters. The number of piperazine rings is 1. The summed E-state index contributed by atoms with van der Waals surface area (Å²) in [5, 5.41) is 8.35. The summed E-state index contributed by atoms with van der Waals surface area (Å²) in [4.78, 5) is 4.88. The maximum Gasteiger partial charge on any atom is 0.0911 e. The Morgan fingerprint density at radius 3 is 2.43 bits per heavy atom. The van der Waals surface area contributed by atoms with Crippen molar-refractivity contribution in [3.8, 4) is 0 Å². The zero-order valence-electron chi connectivity index (χ0n) is 12.3. The number of hydrogen-bond donors (Lipinski definition) is 2. The number of para-hydroxylation sites is 1. The Bertz CT molecular complexity index is 519. The highest BCUT2D eigenvalue weighted by atomic mass is 35.5. The number of halogens is 1. The van der Waals surface area contributed by atoms with E-state index in [-0.39, 0.29) is 0 Å². The Hall–Kier alpha value is -1.26. The first-order chi connectivity index (χ1) is 10.1. The van der Waals surface area contributed by atoms with E-state index in [1.165, 1.54) is 12.8 Å². The molecule has 1 heterocycles. The molecule has 0 bridgehead atoms. The van der Waals surface area contributed by atoms with Crippen LogP contribution in [0, 0.1) is 10.8 Å². The smallest absolute Gasteiger partial charge is 0.0911 e. The molecule has 0 amide bonds. The van der Waals surface area contributed by atoms with Crippen molar-refractivity contribution in [1.82, 2.24) is 4.90 Å². The normalized spacial score (nSPS) is 21.3. The van der Waals surface area contributed by atoms with Gasteiger partial charge in [0.15, 0.2) is 0 Å². The predicted octanol–water partition coefficient (Wildman–Crippen LogP) is 2.57. The lowest BCUT2D eigenvalue weighted by Gasteiger charge is -2.38. The van der Waals surface area contributed by atoms with Crippen molar-refractivity contribution in [2.75, 3.05) is 37.6 Å². The van der Waals surface area contributed by atoms with Gasteiger partial charge in [0.25, 0.3) is 0 Å². The number of nitrogens with zero attached hydrogens (tertiary/aromatic N) is 2. The largest absolute Gasteiger partial charge is 0.388 e. The monoisotopic (exact) mass is 306 g/mol. The summed E-state index contributed by atoms with van der Waals surface area (Å²) in [6.45, 7) is 5.23. The zero-order chi connectivity index (χ0) is 14.9. The maximum atomic E-state index is 7.51. The fourth-order valence-corrected chi connectivity index (χ4v) is 3.56. The fourth-order valence-electron chi connectivity index (χ4n) is 3.30. The van der Waals surface area contributed by atoms with E-state index >= 15 is 0 Å². The fraction of sp³-hybridized carbons (Fsp3) is 0.562. The Morgan fingerprint density at radius 1 is 1.19 bits per heavy atom. The molecule has 2 aliphatic rings. The minimum atomic E-state index is 0.304. The first-order valence-electron chi connectivity index (χ1n) is 7.63. The first-order valence-corrected chi connectivity index (χ1v) is 8.01. The summed E-state index contributed by atoms with van der Waals surface area (Å²) in [5.41, 5.74) is 7.03. The van der Waals surface area contributed by atoms with E-state index in [1.54, 1.807) is 0 Å². The van der Waals surface area contributed by atoms with Gasteiger partial charge in [-0.3, -0.25) is 10.3 Å². The molecule has 1 aliphatic carbocycles. The third kappa shape index (κ3) is 3.50. The standard InChI is InChI=1S/C16H23ClN4/c17-13-3-1-2-4-14(13)21-9-7-20(8-10-21)12-16(5-6-16)11-15(18)19/h1-4H,5-12H2,(H3,18,19). The van der Waals surface area contributed by atoms with E-state index in [1.807, 2.05) is 18.2 Å². The first kappa shape index (κ1) is 14.7. The lowest BCUT2D eigenvalue weighted by Crippen LogP contribution is -2.48. The quantitative estimate of drug-likeness (QED) is 0.649. The Labute approximate surface area is 131 Å². The maximum absolute atomic E-state index is 7.51. The van der Waals surface area contributed by atoms with Crippen LogP contribution >= 0.6 is 11.6 Å². The van der Waals surface area contributed by atoms with Crippen molar-refractivity contribution in [3.05, 3.63) is 29.3 Å². The van der Waals surface area contributed by atoms with Crippen molar-refractivity contribution in [2.45, 2.75) is 19.3 Å². The molecular weight excluding hydrogens is 284 g/mol. The number of nitrogens with one attached hydrogen (secondary N) is 1. The highest BCUT2D eigenvalue weighted by Gasteiger charge is 2.44. The van der Waals surface area contributed by atoms with Crippen LogP contribution in [0.3, 0.4) is 0 Å². The molecule has 1 saturated heterocycles. The van der Waals surface area contributed by atoms with Crippen molar-refractivity contribution < 1.29 is 0 Å². The van der Waals surface area contributed by atoms with Gasteiger partial charge in [0.1, 0.15) is 0 Å². The molecule has 4 nitrogen and oxygen atoms in total. The Kier molecular flexibility index (Phi) is 4.09. The molecule has 3 N–H and O–H groups in total. The summed E-state index contributed by atoms with van der Waals surface area (Å²) in [7, 11) is 0. The van der Waals surface area contributed by atoms with Gasteiger partial charge < -0.3 is 10.6 Å². The van der Waals surface area contributed by atoms with E-state index in [4.69, 9.17) is 22.7 Å². The third-order valence-electron chi connectivity index (χ3n) is 4.65. The average Bonchev–Trinajstić information content (AvgIpc) is 3.19. The molecule has 3 rings (SSSR count). The van der Waals surface area contributed by atoms with Crippen molar-refractivity contribution in [2.24, 2.45) is 11.1 Å². The molecule has 21 heavy (non-hydrogen) atoms. The topological polar surface area (TPSA) is 56.4 Å². The molecule has 0 radical (unpaired) electrons. The van der Waals surface area contributed by atoms with Crippen LogP contribution in [0.25, 0.3) is 0 Å². The number of rotatable bonds is 5. The van der Waals surface area contributed by atoms with E-state index < -0.39 is 0 Å². The van der Waals surface area contributed by atoms with E-state index in [0.29, 0.717) is 11.3 Å². The van der Waals surface area contributed by atoms with Crippen LogP contribution < -0.4 is 10.6 Å². The number of anilines is 1. The van der Waals surface area contributed by atoms with Gasteiger partial charge in [-0.15, -0.1) is 0 Å². The number of benzene rings is 1. The van der Waals surface area contributed by atoms with Gasteiger partial charge in [-0.2, -0.15) is 0 Å². The lowest BCUT2D eigenvalue weighted by atomic mass is 10.0. The highest BCUT2D eigenvalue weighted by Crippen LogP contribution is 2.49. The summed E-state index contributed by atoms with van der Waals surface area (Å²) in [5.74, 6) is 0.335. The van der Waals surface area contributed by atoms with Crippen LogP contribution in [0.2, 0.25) is 5.02 Å². The average molecular weight is 307 g/mol. The van der Waals surface area contributed by atoms with Gasteiger partial charge in [-0.25, -0.2) is 0 Å². The van der Waals surface area contributed by atoms with Gasteiger partial charge in [-0.1, -0.05) is 23.7 Å². The molecular formula is C16H23ClN4. The van der Waals surface area contributed by atoms with Gasteiger partial charge in [-0.05, 0) is 30.4 Å². The highest BCUT2D eigenvalue weighted by molar-refractivity contribution is 6.33. The summed E-state index contributed by atoms with van der Waals surface area (Å²) < 4.78 is 0. The molecule has 5 heteroatoms. The van der Waals surface area contributed by atoms with Crippen LogP contribution in [0.4, 0.5) is 5.69 Å². The van der Waals surface area contributed by atoms with Gasteiger partial charge in [0.2, 0.25) is 0 Å². The van der Waals surface area contributed by atoms with Crippen molar-refractivity contribution >= 4 is 23.1 Å². The second-order valence-corrected chi connectivity index (χ2v) is 6.82. The predicted molar refractivity (Wildman–Crippen MR) is 88.3 cm³/mol. The van der Waals surface area contributed by atoms with Crippen LogP contribution in [-0.4, -0.2) is 43.5 Å². The Morgan fingerprint density at radius 2 is 1.86 bits per heavy atom. The van der Waals surface area contributed by atoms with Crippen LogP contribution in [0.5, 0.6) is 0 Å². The molecule has 1 aliphatic heterocycles. The summed E-state index contributed by atoms with van der Waals surface area (Å²) in [6, 6.07) is 8.06. The zero-order valence-corrected chi connectivity index (χ0v) is 13.1. The second kappa shape index (κ2) is 5.85. The molecule has 114 valence electrons. The number of amidine groups is 1. The summed E-state index contributed by atoms with van der Waals surface area (Å²) >= 11 is 6.27. The van der Waals surface area contributed by atoms with Crippen LogP contribution in [0.1, 0.15) is 19.3 Å². The van der Waals surface area contributed by atoms with Gasteiger partial charge in [0.05, 0.1) is 16.5 Å². The minimum Gasteiger partial charge on any atom is -0.388 e. The van der Waals surface area contributed by atoms with E-state index in [2.05, 4.69) is 15.9 Å². The van der Waals surface area contributed by atoms with Crippen LogP contribution in [0.15, 0.2) is 24.3 Å². The van der Waals surface area contributed by atoms with E-state index in [9.17, 15) is 0 Å². The molecule has 1 saturated carbocycles. The van der Waals surface area contributed by atoms with Crippen LogP contribution in [-0.2, 0) is 0 Å². The minimum absolute atomic E-state index is 0.304. The van der Waals surface area contributed by atoms with Gasteiger partial charge >= 0.3 is 0 Å². The van der Waals surface area contributed by atoms with Crippen molar-refractivity contribution in [3.63, 3.8) is 0 Å². The molecule has 2 fully saturated rings. The molecule has 1 aromatic carbocycles. The SMILES string of the molecule is N=C(N)CC1(CN2CCN(c3ccccc3Cl)CC2)CC1. The van der Waals surface area contributed by atoms with Gasteiger partial charge in [0, 0.05) is 39.1 Å². The second-order valence-electron chi connectivity index (χ2n) is 6.42. The Balaban J connectivity index is 1.54. The molecule has 1 aromatic rings. The molecule has 0 aromatic heterocycles. The number of nitrogens with two attached hydrogens (primary N) is 1. The lowest BCUT2D eigenvalue weighted by molar-refractivity contribution is 0.210. The summed E-state index contributed by atoms with van der Waals surface area (Å²) in [6.07, 6.45) is 3.20. The van der Waals surface area contributed by atoms with Crippen molar-refractivity contribution in [1.29, 1.82) is 5.41 Å². The molecule has 0 spiro atoms. The number of hydrogen-bond acceptors (Lipinski definition) is 3. The third-order valence-corrected chi connectivity index (χ3v) is 4.97. The molecule has 0 unspecified atom stereocenters. The van der Waals surface area contributed by atoms with E-state index in [0.717, 1.165) is 49.9 Å².